The van der Waals surface area contributed by atoms with E-state index in [2.05, 4.69) is 4.98 Å². The number of nitrogens with zero attached hydrogens (tertiary/aromatic N) is 1. The molecule has 0 aliphatic rings. The molecule has 2 nitrogen and oxygen atoms in total. The Labute approximate surface area is 114 Å². The number of benzene rings is 2. The first-order valence-electron chi connectivity index (χ1n) is 6.18. The summed E-state index contributed by atoms with van der Waals surface area (Å²) < 4.78 is 28.1. The largest absolute Gasteiger partial charge is 0.398 e. The number of anilines is 1. The summed E-state index contributed by atoms with van der Waals surface area (Å²) in [6, 6.07) is 12.0. The number of hydrogen-bond donors (Lipinski definition) is 1. The number of nitrogen functional groups attached to an aromatic ring is 1. The molecule has 3 aromatic rings. The molecule has 100 valence electrons. The number of hydrogen-bond acceptors (Lipinski definition) is 2. The highest BCUT2D eigenvalue weighted by Gasteiger charge is 2.15. The van der Waals surface area contributed by atoms with Gasteiger partial charge in [0.25, 0.3) is 0 Å². The van der Waals surface area contributed by atoms with Gasteiger partial charge in [-0.2, -0.15) is 0 Å². The number of rotatable bonds is 1. The van der Waals surface area contributed by atoms with Crippen LogP contribution >= 0.6 is 0 Å². The SMILES string of the molecule is Cc1cc(F)c2nc(-c3ccccc3)cc(N)c2c1F. The molecule has 0 amide bonds. The standard InChI is InChI=1S/C16H12F2N2/c1-9-7-11(17)16-14(15(9)18)12(19)8-13(20-16)10-5-3-2-4-6-10/h2-8H,1H3,(H2,19,20). The average molecular weight is 270 g/mol. The van der Waals surface area contributed by atoms with E-state index in [1.807, 2.05) is 30.3 Å². The molecule has 0 aliphatic carbocycles. The highest BCUT2D eigenvalue weighted by molar-refractivity contribution is 5.94. The third-order valence-electron chi connectivity index (χ3n) is 3.25. The number of halogens is 2. The third kappa shape index (κ3) is 1.90. The Morgan fingerprint density at radius 2 is 1.75 bits per heavy atom. The minimum absolute atomic E-state index is 0.0352. The van der Waals surface area contributed by atoms with E-state index in [4.69, 9.17) is 5.73 Å². The van der Waals surface area contributed by atoms with Crippen LogP contribution in [0.1, 0.15) is 5.56 Å². The molecular formula is C16H12F2N2. The minimum Gasteiger partial charge on any atom is -0.398 e. The van der Waals surface area contributed by atoms with Gasteiger partial charge in [0.05, 0.1) is 11.1 Å². The Kier molecular flexibility index (Phi) is 2.86. The van der Waals surface area contributed by atoms with Crippen molar-refractivity contribution < 1.29 is 8.78 Å². The number of aryl methyl sites for hydroxylation is 1. The van der Waals surface area contributed by atoms with E-state index in [0.717, 1.165) is 11.6 Å². The maximum atomic E-state index is 14.1. The van der Waals surface area contributed by atoms with E-state index in [1.54, 1.807) is 6.07 Å². The fourth-order valence-electron chi connectivity index (χ4n) is 2.24. The van der Waals surface area contributed by atoms with Crippen LogP contribution < -0.4 is 5.73 Å². The fourth-order valence-corrected chi connectivity index (χ4v) is 2.24. The molecule has 0 saturated carbocycles. The van der Waals surface area contributed by atoms with Gasteiger partial charge in [-0.1, -0.05) is 30.3 Å². The highest BCUT2D eigenvalue weighted by Crippen LogP contribution is 2.31. The summed E-state index contributed by atoms with van der Waals surface area (Å²) in [6.07, 6.45) is 0. The molecule has 20 heavy (non-hydrogen) atoms. The number of aromatic nitrogens is 1. The van der Waals surface area contributed by atoms with Crippen molar-refractivity contribution in [2.24, 2.45) is 0 Å². The summed E-state index contributed by atoms with van der Waals surface area (Å²) in [5.41, 5.74) is 7.59. The molecule has 1 heterocycles. The van der Waals surface area contributed by atoms with Crippen molar-refractivity contribution in [3.05, 3.63) is 59.7 Å². The molecule has 0 aliphatic heterocycles. The second-order valence-electron chi connectivity index (χ2n) is 4.68. The van der Waals surface area contributed by atoms with Crippen LogP contribution in [0, 0.1) is 18.6 Å². The van der Waals surface area contributed by atoms with E-state index in [9.17, 15) is 8.78 Å². The summed E-state index contributed by atoms with van der Waals surface area (Å²) in [7, 11) is 0. The maximum Gasteiger partial charge on any atom is 0.149 e. The molecular weight excluding hydrogens is 258 g/mol. The van der Waals surface area contributed by atoms with Crippen LogP contribution in [-0.2, 0) is 0 Å². The summed E-state index contributed by atoms with van der Waals surface area (Å²) in [5.74, 6) is -1.09. The van der Waals surface area contributed by atoms with Crippen molar-refractivity contribution in [2.45, 2.75) is 6.92 Å². The Hall–Kier alpha value is -2.49. The lowest BCUT2D eigenvalue weighted by molar-refractivity contribution is 0.608. The molecule has 0 bridgehead atoms. The zero-order chi connectivity index (χ0) is 14.3. The maximum absolute atomic E-state index is 14.1. The van der Waals surface area contributed by atoms with Crippen LogP contribution in [0.15, 0.2) is 42.5 Å². The van der Waals surface area contributed by atoms with Gasteiger partial charge in [0.1, 0.15) is 17.2 Å². The summed E-state index contributed by atoms with van der Waals surface area (Å²) in [5, 5.41) is 0.0437. The van der Waals surface area contributed by atoms with E-state index in [0.29, 0.717) is 5.69 Å². The van der Waals surface area contributed by atoms with Crippen molar-refractivity contribution in [1.82, 2.24) is 4.98 Å². The molecule has 0 atom stereocenters. The van der Waals surface area contributed by atoms with Crippen LogP contribution in [0.25, 0.3) is 22.2 Å². The second kappa shape index (κ2) is 4.56. The molecule has 2 aromatic carbocycles. The first-order valence-corrected chi connectivity index (χ1v) is 6.18. The summed E-state index contributed by atoms with van der Waals surface area (Å²) >= 11 is 0. The Morgan fingerprint density at radius 3 is 2.45 bits per heavy atom. The van der Waals surface area contributed by atoms with Gasteiger partial charge in [0.15, 0.2) is 0 Å². The van der Waals surface area contributed by atoms with Crippen molar-refractivity contribution in [1.29, 1.82) is 0 Å². The van der Waals surface area contributed by atoms with Gasteiger partial charge < -0.3 is 5.73 Å². The monoisotopic (exact) mass is 270 g/mol. The van der Waals surface area contributed by atoms with E-state index < -0.39 is 11.6 Å². The number of fused-ring (bicyclic) bond motifs is 1. The molecule has 4 heteroatoms. The molecule has 0 saturated heterocycles. The van der Waals surface area contributed by atoms with Crippen LogP contribution in [0.5, 0.6) is 0 Å². The van der Waals surface area contributed by atoms with Gasteiger partial charge >= 0.3 is 0 Å². The van der Waals surface area contributed by atoms with Crippen molar-refractivity contribution in [3.8, 4) is 11.3 Å². The Balaban J connectivity index is 2.36. The van der Waals surface area contributed by atoms with Crippen LogP contribution in [-0.4, -0.2) is 4.98 Å². The third-order valence-corrected chi connectivity index (χ3v) is 3.25. The predicted molar refractivity (Wildman–Crippen MR) is 76.2 cm³/mol. The minimum atomic E-state index is -0.566. The molecule has 0 unspecified atom stereocenters. The Morgan fingerprint density at radius 1 is 1.05 bits per heavy atom. The molecule has 3 rings (SSSR count). The van der Waals surface area contributed by atoms with E-state index in [1.165, 1.54) is 6.92 Å². The fraction of sp³-hybridized carbons (Fsp3) is 0.0625. The summed E-state index contributed by atoms with van der Waals surface area (Å²) in [4.78, 5) is 4.21. The van der Waals surface area contributed by atoms with Crippen molar-refractivity contribution >= 4 is 16.6 Å². The van der Waals surface area contributed by atoms with Gasteiger partial charge in [-0.15, -0.1) is 0 Å². The van der Waals surface area contributed by atoms with E-state index in [-0.39, 0.29) is 22.2 Å². The average Bonchev–Trinajstić information content (AvgIpc) is 2.45. The zero-order valence-electron chi connectivity index (χ0n) is 10.8. The normalized spacial score (nSPS) is 10.9. The molecule has 0 radical (unpaired) electrons. The van der Waals surface area contributed by atoms with Gasteiger partial charge in [0, 0.05) is 11.3 Å². The lowest BCUT2D eigenvalue weighted by atomic mass is 10.1. The Bertz CT molecular complexity index is 799. The lowest BCUT2D eigenvalue weighted by Gasteiger charge is -2.09. The number of pyridine rings is 1. The molecule has 2 N–H and O–H groups in total. The van der Waals surface area contributed by atoms with Gasteiger partial charge in [-0.3, -0.25) is 0 Å². The molecule has 0 fully saturated rings. The van der Waals surface area contributed by atoms with Crippen LogP contribution in [0.3, 0.4) is 0 Å². The molecule has 0 spiro atoms. The van der Waals surface area contributed by atoms with Crippen LogP contribution in [0.2, 0.25) is 0 Å². The van der Waals surface area contributed by atoms with Crippen LogP contribution in [0.4, 0.5) is 14.5 Å². The molecule has 1 aromatic heterocycles. The second-order valence-corrected chi connectivity index (χ2v) is 4.68. The highest BCUT2D eigenvalue weighted by atomic mass is 19.1. The van der Waals surface area contributed by atoms with Gasteiger partial charge in [-0.25, -0.2) is 13.8 Å². The van der Waals surface area contributed by atoms with E-state index >= 15 is 0 Å². The first-order chi connectivity index (χ1) is 9.58. The zero-order valence-corrected chi connectivity index (χ0v) is 10.8. The van der Waals surface area contributed by atoms with Crippen molar-refractivity contribution in [3.63, 3.8) is 0 Å². The van der Waals surface area contributed by atoms with Crippen molar-refractivity contribution in [2.75, 3.05) is 5.73 Å². The quantitative estimate of drug-likeness (QED) is 0.724. The first kappa shape index (κ1) is 12.5. The smallest absolute Gasteiger partial charge is 0.149 e. The summed E-state index contributed by atoms with van der Waals surface area (Å²) in [6.45, 7) is 1.50. The lowest BCUT2D eigenvalue weighted by Crippen LogP contribution is -1.99. The topological polar surface area (TPSA) is 38.9 Å². The van der Waals surface area contributed by atoms with Gasteiger partial charge in [-0.05, 0) is 24.6 Å². The van der Waals surface area contributed by atoms with Gasteiger partial charge in [0.2, 0.25) is 0 Å². The predicted octanol–water partition coefficient (Wildman–Crippen LogP) is 4.07. The number of nitrogens with two attached hydrogens (primary N) is 1.